The third kappa shape index (κ3) is 2.62. The average Bonchev–Trinajstić information content (AvgIpc) is 1.97. The highest BCUT2D eigenvalue weighted by Crippen LogP contribution is 2.30. The molecule has 1 rings (SSSR count). The lowest BCUT2D eigenvalue weighted by atomic mass is 9.81. The van der Waals surface area contributed by atoms with Crippen LogP contribution in [0.1, 0.15) is 37.5 Å². The second-order valence-corrected chi connectivity index (χ2v) is 6.58. The molecule has 90 valence electrons. The van der Waals surface area contributed by atoms with Crippen LogP contribution in [0.15, 0.2) is 17.0 Å². The molecule has 0 heterocycles. The van der Waals surface area contributed by atoms with E-state index < -0.39 is 10.1 Å². The van der Waals surface area contributed by atoms with Gasteiger partial charge < -0.3 is 0 Å². The summed E-state index contributed by atoms with van der Waals surface area (Å²) >= 11 is 0. The topological polar surface area (TPSA) is 54.4 Å². The Morgan fingerprint density at radius 1 is 1.06 bits per heavy atom. The molecule has 0 atom stereocenters. The van der Waals surface area contributed by atoms with E-state index in [0.29, 0.717) is 0 Å². The smallest absolute Gasteiger partial charge is 0.282 e. The van der Waals surface area contributed by atoms with Gasteiger partial charge in [-0.25, -0.2) is 0 Å². The van der Waals surface area contributed by atoms with Gasteiger partial charge in [0.15, 0.2) is 0 Å². The van der Waals surface area contributed by atoms with Crippen molar-refractivity contribution in [2.24, 2.45) is 0 Å². The molecule has 4 heteroatoms. The molecule has 0 aliphatic heterocycles. The summed E-state index contributed by atoms with van der Waals surface area (Å²) in [5, 5.41) is 0. The van der Waals surface area contributed by atoms with Crippen LogP contribution >= 0.6 is 0 Å². The van der Waals surface area contributed by atoms with Gasteiger partial charge in [-0.1, -0.05) is 20.8 Å². The van der Waals surface area contributed by atoms with Gasteiger partial charge in [-0.05, 0) is 48.1 Å². The molecule has 0 amide bonds. The summed E-state index contributed by atoms with van der Waals surface area (Å²) < 4.78 is 31.1. The van der Waals surface area contributed by atoms with E-state index in [2.05, 4.69) is 20.8 Å². The maximum absolute atomic E-state index is 11.1. The third-order valence-electron chi connectivity index (χ3n) is 2.55. The molecule has 1 aromatic carbocycles. The number of hydrogen-bond acceptors (Lipinski definition) is 2. The van der Waals surface area contributed by atoms with Crippen LogP contribution in [-0.2, 0) is 15.5 Å². The fourth-order valence-electron chi connectivity index (χ4n) is 2.26. The lowest BCUT2D eigenvalue weighted by Crippen LogP contribution is -2.16. The normalized spacial score (nSPS) is 12.9. The zero-order chi connectivity index (χ0) is 12.7. The molecule has 0 aromatic heterocycles. The van der Waals surface area contributed by atoms with Crippen molar-refractivity contribution in [3.8, 4) is 0 Å². The second-order valence-electron chi connectivity index (χ2n) is 5.16. The predicted octanol–water partition coefficient (Wildman–Crippen LogP) is 2.85. The molecule has 0 aliphatic carbocycles. The van der Waals surface area contributed by atoms with E-state index in [-0.39, 0.29) is 10.3 Å². The third-order valence-corrected chi connectivity index (χ3v) is 3.39. The largest absolute Gasteiger partial charge is 0.294 e. The van der Waals surface area contributed by atoms with Crippen molar-refractivity contribution in [2.75, 3.05) is 0 Å². The first kappa shape index (κ1) is 13.2. The van der Waals surface area contributed by atoms with Crippen molar-refractivity contribution in [2.45, 2.75) is 44.9 Å². The highest BCUT2D eigenvalue weighted by Gasteiger charge is 2.21. The van der Waals surface area contributed by atoms with E-state index in [4.69, 9.17) is 4.55 Å². The number of benzene rings is 1. The maximum atomic E-state index is 11.1. The second kappa shape index (κ2) is 3.86. The Morgan fingerprint density at radius 3 is 1.69 bits per heavy atom. The van der Waals surface area contributed by atoms with Crippen molar-refractivity contribution in [3.63, 3.8) is 0 Å². The minimum Gasteiger partial charge on any atom is -0.282 e. The summed E-state index contributed by atoms with van der Waals surface area (Å²) in [6, 6.07) is 3.03. The Balaban J connectivity index is 3.53. The Kier molecular flexibility index (Phi) is 3.18. The first-order valence-corrected chi connectivity index (χ1v) is 6.56. The SMILES string of the molecule is Cc1cc(S(=O)(=O)O)cc(C)c1C(C)(C)C. The molecule has 0 bridgehead atoms. The van der Waals surface area contributed by atoms with Crippen molar-refractivity contribution in [3.05, 3.63) is 28.8 Å². The van der Waals surface area contributed by atoms with Crippen LogP contribution in [0, 0.1) is 13.8 Å². The molecule has 1 N–H and O–H groups in total. The van der Waals surface area contributed by atoms with Crippen molar-refractivity contribution in [1.29, 1.82) is 0 Å². The molecule has 0 saturated carbocycles. The molecular weight excluding hydrogens is 224 g/mol. The van der Waals surface area contributed by atoms with Gasteiger partial charge >= 0.3 is 0 Å². The molecule has 3 nitrogen and oxygen atoms in total. The van der Waals surface area contributed by atoms with Crippen LogP contribution in [0.2, 0.25) is 0 Å². The van der Waals surface area contributed by atoms with Gasteiger partial charge in [-0.15, -0.1) is 0 Å². The van der Waals surface area contributed by atoms with Gasteiger partial charge in [0.05, 0.1) is 4.90 Å². The van der Waals surface area contributed by atoms with Gasteiger partial charge in [0.25, 0.3) is 10.1 Å². The molecule has 1 aromatic rings. The number of aryl methyl sites for hydroxylation is 2. The Labute approximate surface area is 97.2 Å². The highest BCUT2D eigenvalue weighted by atomic mass is 32.2. The van der Waals surface area contributed by atoms with Crippen LogP contribution in [0.3, 0.4) is 0 Å². The molecule has 0 saturated heterocycles. The summed E-state index contributed by atoms with van der Waals surface area (Å²) in [5.41, 5.74) is 2.87. The first-order chi connectivity index (χ1) is 7.03. The lowest BCUT2D eigenvalue weighted by molar-refractivity contribution is 0.482. The zero-order valence-electron chi connectivity index (χ0n) is 10.3. The van der Waals surface area contributed by atoms with Crippen LogP contribution in [0.25, 0.3) is 0 Å². The molecule has 0 spiro atoms. The predicted molar refractivity (Wildman–Crippen MR) is 64.4 cm³/mol. The quantitative estimate of drug-likeness (QED) is 0.770. The first-order valence-electron chi connectivity index (χ1n) is 5.12. The molecule has 16 heavy (non-hydrogen) atoms. The Bertz CT molecular complexity index is 485. The zero-order valence-corrected chi connectivity index (χ0v) is 11.1. The summed E-state index contributed by atoms with van der Waals surface area (Å²) in [6.45, 7) is 9.96. The number of rotatable bonds is 1. The van der Waals surface area contributed by atoms with Crippen LogP contribution in [0.5, 0.6) is 0 Å². The fourth-order valence-corrected chi connectivity index (χ4v) is 2.91. The van der Waals surface area contributed by atoms with E-state index in [9.17, 15) is 8.42 Å². The van der Waals surface area contributed by atoms with Crippen molar-refractivity contribution < 1.29 is 13.0 Å². The van der Waals surface area contributed by atoms with Gasteiger partial charge in [0.2, 0.25) is 0 Å². The monoisotopic (exact) mass is 242 g/mol. The Hall–Kier alpha value is -0.870. The van der Waals surface area contributed by atoms with E-state index in [1.54, 1.807) is 0 Å². The lowest BCUT2D eigenvalue weighted by Gasteiger charge is -2.24. The highest BCUT2D eigenvalue weighted by molar-refractivity contribution is 7.85. The summed E-state index contributed by atoms with van der Waals surface area (Å²) in [6.07, 6.45) is 0. The van der Waals surface area contributed by atoms with Crippen LogP contribution in [-0.4, -0.2) is 13.0 Å². The van der Waals surface area contributed by atoms with E-state index >= 15 is 0 Å². The van der Waals surface area contributed by atoms with Crippen LogP contribution < -0.4 is 0 Å². The molecule has 0 fully saturated rings. The van der Waals surface area contributed by atoms with E-state index in [1.807, 2.05) is 13.8 Å². The van der Waals surface area contributed by atoms with Crippen molar-refractivity contribution >= 4 is 10.1 Å². The van der Waals surface area contributed by atoms with E-state index in [0.717, 1.165) is 16.7 Å². The summed E-state index contributed by atoms with van der Waals surface area (Å²) in [5.74, 6) is 0. The van der Waals surface area contributed by atoms with Crippen LogP contribution in [0.4, 0.5) is 0 Å². The van der Waals surface area contributed by atoms with E-state index in [1.165, 1.54) is 12.1 Å². The number of hydrogen-bond donors (Lipinski definition) is 1. The molecular formula is C12H18O3S. The molecule has 0 radical (unpaired) electrons. The Morgan fingerprint density at radius 2 is 1.44 bits per heavy atom. The van der Waals surface area contributed by atoms with Gasteiger partial charge in [0.1, 0.15) is 0 Å². The minimum absolute atomic E-state index is 0.0319. The standard InChI is InChI=1S/C12H18O3S/c1-8-6-10(16(13,14)15)7-9(2)11(8)12(3,4)5/h6-7H,1-5H3,(H,13,14,15). The van der Waals surface area contributed by atoms with Gasteiger partial charge in [-0.3, -0.25) is 4.55 Å². The minimum atomic E-state index is -4.11. The molecule has 0 unspecified atom stereocenters. The van der Waals surface area contributed by atoms with Gasteiger partial charge in [-0.2, -0.15) is 8.42 Å². The average molecular weight is 242 g/mol. The van der Waals surface area contributed by atoms with Crippen molar-refractivity contribution in [1.82, 2.24) is 0 Å². The summed E-state index contributed by atoms with van der Waals surface area (Å²) in [4.78, 5) is -0.0319. The maximum Gasteiger partial charge on any atom is 0.294 e. The fraction of sp³-hybridized carbons (Fsp3) is 0.500. The molecule has 0 aliphatic rings. The summed E-state index contributed by atoms with van der Waals surface area (Å²) in [7, 11) is -4.11. The van der Waals surface area contributed by atoms with Gasteiger partial charge in [0, 0.05) is 0 Å².